The van der Waals surface area contributed by atoms with Gasteiger partial charge >= 0.3 is 28.4 Å². The van der Waals surface area contributed by atoms with Gasteiger partial charge in [0.1, 0.15) is 0 Å². The van der Waals surface area contributed by atoms with Crippen LogP contribution >= 0.6 is 0 Å². The molecule has 1 aliphatic carbocycles. The van der Waals surface area contributed by atoms with Gasteiger partial charge in [0.05, 0.1) is 0 Å². The number of hydrogen-bond donors (Lipinski definition) is 0. The van der Waals surface area contributed by atoms with Gasteiger partial charge in [0.2, 0.25) is 0 Å². The average molecular weight is 477 g/mol. The van der Waals surface area contributed by atoms with Crippen molar-refractivity contribution in [3.05, 3.63) is 89.0 Å². The van der Waals surface area contributed by atoms with Crippen LogP contribution < -0.4 is 24.8 Å². The summed E-state index contributed by atoms with van der Waals surface area (Å²) in [5, 5.41) is 0. The van der Waals surface area contributed by atoms with Gasteiger partial charge in [0.15, 0.2) is 0 Å². The molecule has 0 radical (unpaired) electrons. The molecule has 1 aliphatic rings. The molecular formula is C24H26Cl2Zr-2. The third-order valence-corrected chi connectivity index (χ3v) is 4.39. The Morgan fingerprint density at radius 1 is 1.00 bits per heavy atom. The summed E-state index contributed by atoms with van der Waals surface area (Å²) in [6, 6.07) is 24.7. The second kappa shape index (κ2) is 11.9. The second-order valence-corrected chi connectivity index (χ2v) is 7.32. The molecular weight excluding hydrogens is 450 g/mol. The summed E-state index contributed by atoms with van der Waals surface area (Å²) in [6.07, 6.45) is 1.05. The Labute approximate surface area is 191 Å². The van der Waals surface area contributed by atoms with E-state index in [-0.39, 0.29) is 24.8 Å². The molecule has 0 N–H and O–H groups in total. The monoisotopic (exact) mass is 474 g/mol. The Hall–Kier alpha value is -0.877. The van der Waals surface area contributed by atoms with Gasteiger partial charge in [0.25, 0.3) is 0 Å². The smallest absolute Gasteiger partial charge is 0.0253 e. The first kappa shape index (κ1) is 26.1. The summed E-state index contributed by atoms with van der Waals surface area (Å²) in [6.45, 7) is 8.85. The van der Waals surface area contributed by atoms with E-state index in [1.165, 1.54) is 57.6 Å². The van der Waals surface area contributed by atoms with Gasteiger partial charge in [-0.25, -0.2) is 6.07 Å². The minimum Gasteiger partial charge on any atom is -1.00 e. The largest absolute Gasteiger partial charge is 1.00 e. The number of rotatable bonds is 0. The zero-order valence-electron chi connectivity index (χ0n) is 16.4. The molecule has 0 bridgehead atoms. The van der Waals surface area contributed by atoms with Gasteiger partial charge in [-0.15, -0.1) is 5.56 Å². The quantitative estimate of drug-likeness (QED) is 0.315. The summed E-state index contributed by atoms with van der Waals surface area (Å²) in [4.78, 5) is 0. The summed E-state index contributed by atoms with van der Waals surface area (Å²) in [7, 11) is 0. The second-order valence-electron chi connectivity index (χ2n) is 7.32. The summed E-state index contributed by atoms with van der Waals surface area (Å²) in [5.41, 5.74) is 8.62. The molecule has 0 nitrogen and oxygen atoms in total. The van der Waals surface area contributed by atoms with E-state index in [9.17, 15) is 0 Å². The van der Waals surface area contributed by atoms with Crippen molar-refractivity contribution >= 4 is 4.21 Å². The molecule has 0 amide bonds. The molecule has 0 atom stereocenters. The molecule has 142 valence electrons. The molecule has 0 unspecified atom stereocenters. The van der Waals surface area contributed by atoms with Gasteiger partial charge in [-0.1, -0.05) is 68.5 Å². The molecule has 4 rings (SSSR count). The van der Waals surface area contributed by atoms with E-state index in [1.54, 1.807) is 0 Å². The van der Waals surface area contributed by atoms with Crippen molar-refractivity contribution in [2.45, 2.75) is 39.5 Å². The maximum absolute atomic E-state index is 3.34. The summed E-state index contributed by atoms with van der Waals surface area (Å²) < 4.78 is 3.34. The molecule has 0 saturated carbocycles. The molecule has 0 aromatic heterocycles. The number of fused-ring (bicyclic) bond motifs is 3. The van der Waals surface area contributed by atoms with Crippen LogP contribution in [0.4, 0.5) is 0 Å². The van der Waals surface area contributed by atoms with Crippen molar-refractivity contribution in [2.75, 3.05) is 0 Å². The van der Waals surface area contributed by atoms with Crippen LogP contribution in [-0.4, -0.2) is 4.21 Å². The molecule has 0 heterocycles. The first-order chi connectivity index (χ1) is 11.9. The Bertz CT molecular complexity index is 785. The molecule has 3 heteroatoms. The van der Waals surface area contributed by atoms with Gasteiger partial charge < -0.3 is 24.8 Å². The van der Waals surface area contributed by atoms with E-state index >= 15 is 0 Å². The van der Waals surface area contributed by atoms with Gasteiger partial charge in [-0.3, -0.25) is 0 Å². The summed E-state index contributed by atoms with van der Waals surface area (Å²) in [5.74, 6) is 0. The molecule has 3 aromatic carbocycles. The minimum absolute atomic E-state index is 0. The Balaban J connectivity index is 0.000000442. The zero-order valence-corrected chi connectivity index (χ0v) is 20.4. The van der Waals surface area contributed by atoms with E-state index < -0.39 is 0 Å². The maximum Gasteiger partial charge on any atom is -0.0253 e. The standard InChI is InChI=1S/C13H9.C10H15.CH2.2ClH.Zr/c1-3-7-12-10(5-1)9-11-6-2-4-8-13(11)12;1-8-5-6-9(7-8)10(2,3)4;;;;/h1-5,7-8H,9H2;5-7H,1-4H3;1H2;2*1H;/q2*-1;;;;+2/p-2. The third kappa shape index (κ3) is 6.90. The van der Waals surface area contributed by atoms with Crippen LogP contribution in [0.3, 0.4) is 0 Å². The summed E-state index contributed by atoms with van der Waals surface area (Å²) >= 11 is 1.30. The number of hydrogen-bond acceptors (Lipinski definition) is 0. The molecule has 0 saturated heterocycles. The average Bonchev–Trinajstić information content (AvgIpc) is 3.20. The molecule has 27 heavy (non-hydrogen) atoms. The normalized spacial score (nSPS) is 10.6. The minimum atomic E-state index is 0. The number of aryl methyl sites for hydroxylation is 1. The number of benzene rings is 2. The Morgan fingerprint density at radius 3 is 2.19 bits per heavy atom. The van der Waals surface area contributed by atoms with Crippen molar-refractivity contribution in [1.29, 1.82) is 0 Å². The Morgan fingerprint density at radius 2 is 1.63 bits per heavy atom. The van der Waals surface area contributed by atoms with Crippen LogP contribution in [0.2, 0.25) is 0 Å². The first-order valence-electron chi connectivity index (χ1n) is 8.62. The van der Waals surface area contributed by atoms with Gasteiger partial charge in [-0.05, 0) is 6.42 Å². The van der Waals surface area contributed by atoms with E-state index in [4.69, 9.17) is 0 Å². The maximum atomic E-state index is 3.34. The van der Waals surface area contributed by atoms with Crippen LogP contribution in [-0.2, 0) is 36.1 Å². The van der Waals surface area contributed by atoms with Crippen molar-refractivity contribution in [3.8, 4) is 11.1 Å². The number of halogens is 2. The van der Waals surface area contributed by atoms with Crippen molar-refractivity contribution in [1.82, 2.24) is 0 Å². The van der Waals surface area contributed by atoms with Gasteiger partial charge in [-0.2, -0.15) is 53.1 Å². The van der Waals surface area contributed by atoms with Crippen LogP contribution in [0.15, 0.2) is 60.7 Å². The predicted octanol–water partition coefficient (Wildman–Crippen LogP) is 0.0426. The van der Waals surface area contributed by atoms with Gasteiger partial charge in [0, 0.05) is 0 Å². The van der Waals surface area contributed by atoms with E-state index in [0.717, 1.165) is 6.42 Å². The fourth-order valence-corrected chi connectivity index (χ4v) is 3.03. The molecule has 0 fully saturated rings. The third-order valence-electron chi connectivity index (χ3n) is 4.39. The van der Waals surface area contributed by atoms with Crippen molar-refractivity contribution in [2.24, 2.45) is 0 Å². The van der Waals surface area contributed by atoms with E-state index in [0.29, 0.717) is 5.41 Å². The molecule has 3 aromatic rings. The molecule has 0 spiro atoms. The fourth-order valence-electron chi connectivity index (χ4n) is 3.03. The van der Waals surface area contributed by atoms with Crippen molar-refractivity contribution in [3.63, 3.8) is 0 Å². The van der Waals surface area contributed by atoms with Crippen LogP contribution in [0, 0.1) is 13.0 Å². The van der Waals surface area contributed by atoms with Crippen molar-refractivity contribution < 1.29 is 49.0 Å². The Kier molecular flexibility index (Phi) is 11.5. The van der Waals surface area contributed by atoms with Crippen LogP contribution in [0.1, 0.15) is 43.0 Å². The first-order valence-corrected chi connectivity index (χ1v) is 10.4. The van der Waals surface area contributed by atoms with E-state index in [1.807, 2.05) is 6.07 Å². The molecule has 0 aliphatic heterocycles. The fraction of sp³-hybridized carbons (Fsp3) is 0.250. The van der Waals surface area contributed by atoms with Crippen LogP contribution in [0.25, 0.3) is 11.1 Å². The topological polar surface area (TPSA) is 0 Å². The van der Waals surface area contributed by atoms with E-state index in [2.05, 4.69) is 92.6 Å². The SMILES string of the molecule is Cc1cc(C(C)(C)C)c[cH-]1.[CH2]=[Zr+2].[Cl-].[Cl-].[c-]1cccc2c1Cc1ccccc1-2. The zero-order chi connectivity index (χ0) is 18.4. The van der Waals surface area contributed by atoms with Crippen LogP contribution in [0.5, 0.6) is 0 Å². The predicted molar refractivity (Wildman–Crippen MR) is 106 cm³/mol.